The average molecular weight is 372 g/mol. The molecule has 26 heavy (non-hydrogen) atoms. The second-order valence-electron chi connectivity index (χ2n) is 6.41. The Morgan fingerprint density at radius 2 is 1.73 bits per heavy atom. The molecule has 0 bridgehead atoms. The average Bonchev–Trinajstić information content (AvgIpc) is 2.87. The van der Waals surface area contributed by atoms with E-state index in [0.29, 0.717) is 4.90 Å². The third-order valence-corrected chi connectivity index (χ3v) is 3.62. The molecular weight excluding hydrogens is 353 g/mol. The highest BCUT2D eigenvalue weighted by atomic mass is 19.4. The molecule has 2 heterocycles. The van der Waals surface area contributed by atoms with Crippen LogP contribution in [0.4, 0.5) is 13.2 Å². The number of carbonyl (C=O) groups is 2. The number of alkyl halides is 3. The summed E-state index contributed by atoms with van der Waals surface area (Å²) < 4.78 is 42.9. The van der Waals surface area contributed by atoms with Crippen LogP contribution in [0.5, 0.6) is 0 Å². The molecule has 1 aromatic rings. The second kappa shape index (κ2) is 7.41. The number of hydrogen-bond acceptors (Lipinski definition) is 4. The Labute approximate surface area is 148 Å². The van der Waals surface area contributed by atoms with Crippen LogP contribution in [0.15, 0.2) is 16.5 Å². The van der Waals surface area contributed by atoms with Crippen molar-refractivity contribution in [1.29, 1.82) is 0 Å². The number of hydrogen-bond donors (Lipinski definition) is 1. The lowest BCUT2D eigenvalue weighted by molar-refractivity contribution is -0.185. The van der Waals surface area contributed by atoms with Gasteiger partial charge in [0.1, 0.15) is 5.60 Å². The van der Waals surface area contributed by atoms with E-state index < -0.39 is 23.6 Å². The van der Waals surface area contributed by atoms with Gasteiger partial charge >= 0.3 is 12.1 Å². The largest absolute Gasteiger partial charge is 0.471 e. The number of carbonyl (C=O) groups excluding carboxylic acids is 2. The minimum absolute atomic E-state index is 0.000596. The van der Waals surface area contributed by atoms with E-state index in [1.807, 2.05) is 0 Å². The highest BCUT2D eigenvalue weighted by molar-refractivity contribution is 5.91. The number of nitrogens with zero attached hydrogens (tertiary/aromatic N) is 2. The van der Waals surface area contributed by atoms with Gasteiger partial charge in [-0.05, 0) is 38.3 Å². The molecule has 0 aromatic carbocycles. The summed E-state index contributed by atoms with van der Waals surface area (Å²) in [6.07, 6.45) is -4.69. The first-order chi connectivity index (χ1) is 12.0. The number of amides is 2. The zero-order valence-electron chi connectivity index (χ0n) is 14.4. The molecule has 2 amide bonds. The topological polar surface area (TPSA) is 74.0 Å². The highest BCUT2D eigenvalue weighted by Gasteiger charge is 2.42. The monoisotopic (exact) mass is 372 g/mol. The van der Waals surface area contributed by atoms with Crippen molar-refractivity contribution in [3.63, 3.8) is 0 Å². The van der Waals surface area contributed by atoms with Gasteiger partial charge in [-0.25, -0.2) is 0 Å². The maximum absolute atomic E-state index is 12.5. The van der Waals surface area contributed by atoms with Crippen molar-refractivity contribution in [2.24, 2.45) is 0 Å². The lowest BCUT2D eigenvalue weighted by atomic mass is 10.1. The molecule has 142 valence electrons. The third-order valence-electron chi connectivity index (χ3n) is 3.62. The first-order valence-corrected chi connectivity index (χ1v) is 7.98. The van der Waals surface area contributed by atoms with E-state index in [2.05, 4.69) is 11.8 Å². The van der Waals surface area contributed by atoms with Crippen molar-refractivity contribution in [2.75, 3.05) is 26.2 Å². The Morgan fingerprint density at radius 1 is 1.12 bits per heavy atom. The minimum Gasteiger partial charge on any atom is -0.443 e. The number of rotatable bonds is 1. The van der Waals surface area contributed by atoms with E-state index in [-0.39, 0.29) is 44.1 Å². The molecule has 0 saturated carbocycles. The Kier molecular flexibility index (Phi) is 5.66. The van der Waals surface area contributed by atoms with Crippen molar-refractivity contribution >= 4 is 11.8 Å². The van der Waals surface area contributed by atoms with Crippen molar-refractivity contribution < 1.29 is 32.3 Å². The summed E-state index contributed by atoms with van der Waals surface area (Å²) in [6.45, 7) is 2.93. The van der Waals surface area contributed by atoms with Crippen LogP contribution in [-0.4, -0.2) is 64.7 Å². The molecule has 1 aliphatic rings. The molecule has 0 unspecified atom stereocenters. The standard InChI is InChI=1S/C17H19F3N2O4/c1-16(2,25)7-6-12-4-5-13(26-12)14(23)21-8-3-9-22(11-10-21)15(24)17(18,19)20/h4-5,25H,3,8-11H2,1-2H3. The zero-order valence-corrected chi connectivity index (χ0v) is 14.4. The summed E-state index contributed by atoms with van der Waals surface area (Å²) in [5.41, 5.74) is -1.21. The molecule has 1 aromatic heterocycles. The normalized spacial score (nSPS) is 15.9. The van der Waals surface area contributed by atoms with E-state index in [0.717, 1.165) is 0 Å². The molecule has 0 atom stereocenters. The summed E-state index contributed by atoms with van der Waals surface area (Å²) in [7, 11) is 0. The van der Waals surface area contributed by atoms with E-state index in [9.17, 15) is 27.9 Å². The van der Waals surface area contributed by atoms with Crippen LogP contribution < -0.4 is 0 Å². The number of halogens is 3. The first-order valence-electron chi connectivity index (χ1n) is 7.98. The fourth-order valence-corrected chi connectivity index (χ4v) is 2.39. The van der Waals surface area contributed by atoms with E-state index in [1.165, 1.54) is 30.9 Å². The van der Waals surface area contributed by atoms with Crippen LogP contribution in [0.2, 0.25) is 0 Å². The van der Waals surface area contributed by atoms with Gasteiger partial charge in [0.05, 0.1) is 0 Å². The number of furan rings is 1. The Morgan fingerprint density at radius 3 is 2.35 bits per heavy atom. The van der Waals surface area contributed by atoms with Crippen molar-refractivity contribution in [2.45, 2.75) is 32.0 Å². The van der Waals surface area contributed by atoms with Crippen molar-refractivity contribution in [3.05, 3.63) is 23.7 Å². The van der Waals surface area contributed by atoms with Crippen molar-refractivity contribution in [1.82, 2.24) is 9.80 Å². The molecule has 0 aliphatic carbocycles. The molecule has 1 fully saturated rings. The molecule has 0 radical (unpaired) electrons. The van der Waals surface area contributed by atoms with Crippen LogP contribution in [0.25, 0.3) is 0 Å². The summed E-state index contributed by atoms with van der Waals surface area (Å²) >= 11 is 0. The molecule has 0 spiro atoms. The van der Waals surface area contributed by atoms with Gasteiger partial charge in [-0.2, -0.15) is 13.2 Å². The van der Waals surface area contributed by atoms with E-state index in [4.69, 9.17) is 4.42 Å². The lowest BCUT2D eigenvalue weighted by Gasteiger charge is -2.22. The van der Waals surface area contributed by atoms with Crippen LogP contribution in [0.3, 0.4) is 0 Å². The van der Waals surface area contributed by atoms with Crippen molar-refractivity contribution in [3.8, 4) is 11.8 Å². The summed E-state index contributed by atoms with van der Waals surface area (Å²) in [5.74, 6) is 2.96. The molecule has 1 saturated heterocycles. The summed E-state index contributed by atoms with van der Waals surface area (Å²) in [6, 6.07) is 2.89. The summed E-state index contributed by atoms with van der Waals surface area (Å²) in [5, 5.41) is 9.55. The van der Waals surface area contributed by atoms with Crippen LogP contribution in [0, 0.1) is 11.8 Å². The molecule has 9 heteroatoms. The predicted molar refractivity (Wildman–Crippen MR) is 85.0 cm³/mol. The molecule has 1 aliphatic heterocycles. The SMILES string of the molecule is CC(C)(O)C#Cc1ccc(C(=O)N2CCCN(C(=O)C(F)(F)F)CC2)o1. The van der Waals surface area contributed by atoms with Gasteiger partial charge in [0.2, 0.25) is 0 Å². The van der Waals surface area contributed by atoms with Gasteiger partial charge in [0, 0.05) is 26.2 Å². The zero-order chi connectivity index (χ0) is 19.5. The maximum Gasteiger partial charge on any atom is 0.471 e. The van der Waals surface area contributed by atoms with Gasteiger partial charge in [0.15, 0.2) is 11.5 Å². The Balaban J connectivity index is 2.03. The van der Waals surface area contributed by atoms with Gasteiger partial charge in [-0.3, -0.25) is 9.59 Å². The first kappa shape index (κ1) is 19.8. The van der Waals surface area contributed by atoms with E-state index in [1.54, 1.807) is 0 Å². The van der Waals surface area contributed by atoms with Gasteiger partial charge < -0.3 is 19.3 Å². The second-order valence-corrected chi connectivity index (χ2v) is 6.41. The van der Waals surface area contributed by atoms with E-state index >= 15 is 0 Å². The fraction of sp³-hybridized carbons (Fsp3) is 0.529. The molecule has 1 N–H and O–H groups in total. The maximum atomic E-state index is 12.5. The quantitative estimate of drug-likeness (QED) is 0.761. The number of aliphatic hydroxyl groups is 1. The van der Waals surface area contributed by atoms with Crippen LogP contribution in [0.1, 0.15) is 36.6 Å². The molecule has 2 rings (SSSR count). The van der Waals surface area contributed by atoms with Gasteiger partial charge in [-0.15, -0.1) is 0 Å². The predicted octanol–water partition coefficient (Wildman–Crippen LogP) is 1.64. The Hall–Kier alpha value is -2.47. The van der Waals surface area contributed by atoms with Gasteiger partial charge in [0.25, 0.3) is 5.91 Å². The minimum atomic E-state index is -4.92. The molecule has 6 nitrogen and oxygen atoms in total. The summed E-state index contributed by atoms with van der Waals surface area (Å²) in [4.78, 5) is 25.8. The fourth-order valence-electron chi connectivity index (χ4n) is 2.39. The van der Waals surface area contributed by atoms with Gasteiger partial charge in [-0.1, -0.05) is 5.92 Å². The lowest BCUT2D eigenvalue weighted by Crippen LogP contribution is -2.43. The third kappa shape index (κ3) is 5.26. The van der Waals surface area contributed by atoms with Crippen LogP contribution in [-0.2, 0) is 4.79 Å². The highest BCUT2D eigenvalue weighted by Crippen LogP contribution is 2.20. The van der Waals surface area contributed by atoms with Crippen LogP contribution >= 0.6 is 0 Å². The Bertz CT molecular complexity index is 738. The smallest absolute Gasteiger partial charge is 0.443 e. The molecular formula is C17H19F3N2O4.